The minimum atomic E-state index is -0.773. The molecule has 12 nitrogen and oxygen atoms in total. The van der Waals surface area contributed by atoms with Gasteiger partial charge in [-0.05, 0) is 45.5 Å². The number of anilines is 1. The third kappa shape index (κ3) is 10.5. The number of pyridine rings is 1. The number of nitrogens with zero attached hydrogens (tertiary/aromatic N) is 4. The summed E-state index contributed by atoms with van der Waals surface area (Å²) in [5, 5.41) is 6.87. The van der Waals surface area contributed by atoms with Crippen molar-refractivity contribution in [2.45, 2.75) is 48.8 Å². The molecular formula is C61H60N8O4. The minimum Gasteiger partial charge on any atom is -0.468 e. The van der Waals surface area contributed by atoms with Crippen LogP contribution in [0.3, 0.4) is 0 Å². The zero-order chi connectivity index (χ0) is 50.6. The number of carbonyl (C=O) groups is 2. The summed E-state index contributed by atoms with van der Waals surface area (Å²) in [4.78, 5) is 51.5. The Morgan fingerprint density at radius 3 is 1.04 bits per heavy atom. The van der Waals surface area contributed by atoms with Gasteiger partial charge in [0, 0.05) is 69.5 Å². The summed E-state index contributed by atoms with van der Waals surface area (Å²) >= 11 is 0. The minimum absolute atomic E-state index is 0.251. The van der Waals surface area contributed by atoms with Gasteiger partial charge in [0.1, 0.15) is 34.6 Å². The van der Waals surface area contributed by atoms with E-state index in [-0.39, 0.29) is 25.9 Å². The smallest absolute Gasteiger partial charge is 0.323 e. The van der Waals surface area contributed by atoms with Gasteiger partial charge in [0.05, 0.1) is 25.6 Å². The second-order valence-corrected chi connectivity index (χ2v) is 18.2. The highest BCUT2D eigenvalue weighted by atomic mass is 16.5. The number of ether oxygens (including phenoxy) is 2. The molecular weight excluding hydrogens is 909 g/mol. The molecule has 73 heavy (non-hydrogen) atoms. The maximum Gasteiger partial charge on any atom is 0.323 e. The fourth-order valence-electron chi connectivity index (χ4n) is 9.99. The third-order valence-electron chi connectivity index (χ3n) is 13.5. The average molecular weight is 969 g/mol. The van der Waals surface area contributed by atoms with Crippen LogP contribution in [0, 0.1) is 0 Å². The van der Waals surface area contributed by atoms with Gasteiger partial charge < -0.3 is 24.3 Å². The molecule has 0 spiro atoms. The Hall–Kier alpha value is -8.45. The molecule has 2 atom stereocenters. The van der Waals surface area contributed by atoms with Crippen LogP contribution in [0.5, 0.6) is 0 Å². The summed E-state index contributed by atoms with van der Waals surface area (Å²) in [6.07, 6.45) is 4.16. The van der Waals surface area contributed by atoms with Gasteiger partial charge in [-0.2, -0.15) is 0 Å². The van der Waals surface area contributed by atoms with E-state index in [0.29, 0.717) is 11.4 Å². The molecule has 0 aliphatic carbocycles. The third-order valence-corrected chi connectivity index (χ3v) is 13.5. The van der Waals surface area contributed by atoms with Crippen LogP contribution in [0.4, 0.5) is 5.69 Å². The highest BCUT2D eigenvalue weighted by Crippen LogP contribution is 2.45. The fraction of sp³-hybridized carbons (Fsp3) is 0.197. The van der Waals surface area contributed by atoms with Crippen molar-refractivity contribution < 1.29 is 19.1 Å². The summed E-state index contributed by atoms with van der Waals surface area (Å²) in [7, 11) is 6.71. The Bertz CT molecular complexity index is 2780. The number of esters is 2. The molecule has 12 heteroatoms. The molecule has 6 aromatic carbocycles. The molecule has 0 saturated heterocycles. The predicted octanol–water partition coefficient (Wildman–Crippen LogP) is 9.11. The molecule has 0 amide bonds. The fourth-order valence-corrected chi connectivity index (χ4v) is 9.99. The highest BCUT2D eigenvalue weighted by Gasteiger charge is 2.42. The Morgan fingerprint density at radius 2 is 0.781 bits per heavy atom. The van der Waals surface area contributed by atoms with Gasteiger partial charge in [-0.3, -0.25) is 25.2 Å². The normalized spacial score (nSPS) is 12.4. The maximum atomic E-state index is 13.5. The molecule has 9 rings (SSSR count). The molecule has 0 saturated carbocycles. The average Bonchev–Trinajstić information content (AvgIpc) is 4.13. The number of hydrogen-bond donors (Lipinski definition) is 4. The summed E-state index contributed by atoms with van der Waals surface area (Å²) in [5.41, 5.74) is 8.57. The van der Waals surface area contributed by atoms with Crippen molar-refractivity contribution >= 4 is 17.6 Å². The van der Waals surface area contributed by atoms with Crippen LogP contribution < -0.4 is 15.5 Å². The van der Waals surface area contributed by atoms with Gasteiger partial charge in [-0.1, -0.05) is 182 Å². The molecule has 3 aromatic heterocycles. The lowest BCUT2D eigenvalue weighted by Crippen LogP contribution is -2.40. The molecule has 0 radical (unpaired) electrons. The van der Waals surface area contributed by atoms with Crippen LogP contribution in [0.2, 0.25) is 0 Å². The Labute approximate surface area is 426 Å². The van der Waals surface area contributed by atoms with E-state index in [9.17, 15) is 9.59 Å². The topological polar surface area (TPSA) is 150 Å². The van der Waals surface area contributed by atoms with Gasteiger partial charge in [-0.25, -0.2) is 9.97 Å². The largest absolute Gasteiger partial charge is 0.468 e. The molecule has 0 unspecified atom stereocenters. The van der Waals surface area contributed by atoms with Crippen molar-refractivity contribution in [1.29, 1.82) is 0 Å². The number of rotatable bonds is 21. The van der Waals surface area contributed by atoms with E-state index in [0.717, 1.165) is 62.1 Å². The summed E-state index contributed by atoms with van der Waals surface area (Å²) in [6, 6.07) is 64.6. The van der Waals surface area contributed by atoms with Crippen molar-refractivity contribution in [3.8, 4) is 0 Å². The standard InChI is InChI=1S/C61H60N8O4/c1-69(2)53-35-49(39-62-54(56(70)72-3)37-51-41-64-58(67-51)60(43-23-11-5-12-24-43,44-25-13-6-14-26-44)45-27-15-7-16-28-45)66-50(36-53)40-63-55(57(71)73-4)38-52-42-65-59(68-52)61(46-29-17-8-18-30-46,47-31-19-9-20-32-47)48-33-21-10-22-34-48/h5-36,41-42,54-55,62-63H,37-40H2,1-4H3,(H,64,67)(H,65,68)/t54-,55-/m0/s1. The first-order valence-corrected chi connectivity index (χ1v) is 24.5. The number of hydrogen-bond acceptors (Lipinski definition) is 10. The van der Waals surface area contributed by atoms with Gasteiger partial charge in [0.25, 0.3) is 0 Å². The molecule has 368 valence electrons. The van der Waals surface area contributed by atoms with E-state index in [1.54, 1.807) is 12.4 Å². The summed E-state index contributed by atoms with van der Waals surface area (Å²) in [6.45, 7) is 0.502. The Morgan fingerprint density at radius 1 is 0.493 bits per heavy atom. The Kier molecular flexibility index (Phi) is 15.4. The number of nitrogens with one attached hydrogen (secondary N) is 4. The quantitative estimate of drug-likeness (QED) is 0.0406. The van der Waals surface area contributed by atoms with E-state index in [2.05, 4.69) is 93.4 Å². The van der Waals surface area contributed by atoms with Crippen molar-refractivity contribution in [3.05, 3.63) is 274 Å². The first-order valence-electron chi connectivity index (χ1n) is 24.5. The van der Waals surface area contributed by atoms with Crippen LogP contribution in [-0.2, 0) is 55.8 Å². The summed E-state index contributed by atoms with van der Waals surface area (Å²) < 4.78 is 10.7. The molecule has 0 aliphatic rings. The number of imidazole rings is 2. The van der Waals surface area contributed by atoms with Crippen LogP contribution in [0.25, 0.3) is 0 Å². The van der Waals surface area contributed by atoms with Crippen molar-refractivity contribution in [3.63, 3.8) is 0 Å². The molecule has 9 aromatic rings. The zero-order valence-corrected chi connectivity index (χ0v) is 41.5. The van der Waals surface area contributed by atoms with Gasteiger partial charge in [0.15, 0.2) is 0 Å². The number of benzene rings is 6. The van der Waals surface area contributed by atoms with Crippen LogP contribution in [-0.4, -0.2) is 77.3 Å². The van der Waals surface area contributed by atoms with Gasteiger partial charge in [-0.15, -0.1) is 0 Å². The van der Waals surface area contributed by atoms with Gasteiger partial charge >= 0.3 is 11.9 Å². The van der Waals surface area contributed by atoms with E-state index < -0.39 is 34.9 Å². The van der Waals surface area contributed by atoms with Crippen molar-refractivity contribution in [2.75, 3.05) is 33.2 Å². The first-order chi connectivity index (χ1) is 35.7. The number of H-pyrrole nitrogens is 2. The van der Waals surface area contributed by atoms with Crippen LogP contribution >= 0.6 is 0 Å². The van der Waals surface area contributed by atoms with E-state index in [1.165, 1.54) is 14.2 Å². The summed E-state index contributed by atoms with van der Waals surface area (Å²) in [5.74, 6) is 0.618. The number of methoxy groups -OCH3 is 2. The monoisotopic (exact) mass is 968 g/mol. The predicted molar refractivity (Wildman–Crippen MR) is 285 cm³/mol. The number of aromatic nitrogens is 5. The molecule has 3 heterocycles. The first kappa shape index (κ1) is 49.5. The van der Waals surface area contributed by atoms with E-state index >= 15 is 0 Å². The zero-order valence-electron chi connectivity index (χ0n) is 41.5. The molecule has 0 bridgehead atoms. The maximum absolute atomic E-state index is 13.5. The number of aromatic amines is 2. The van der Waals surface area contributed by atoms with Crippen LogP contribution in [0.1, 0.15) is 67.8 Å². The lowest BCUT2D eigenvalue weighted by molar-refractivity contribution is -0.144. The molecule has 4 N–H and O–H groups in total. The molecule has 0 fully saturated rings. The lowest BCUT2D eigenvalue weighted by Gasteiger charge is -2.34. The molecule has 0 aliphatic heterocycles. The Balaban J connectivity index is 0.954. The second-order valence-electron chi connectivity index (χ2n) is 18.2. The van der Waals surface area contributed by atoms with E-state index in [1.807, 2.05) is 140 Å². The number of carbonyl (C=O) groups excluding carboxylic acids is 2. The SMILES string of the molecule is COC(=O)[C@H](Cc1cnc(C(c2ccccc2)(c2ccccc2)c2ccccc2)[nH]1)NCc1cc(N(C)C)cc(CN[C@@H](Cc2cnc(C(c3ccccc3)(c3ccccc3)c3ccccc3)[nH]2)C(=O)OC)n1. The van der Waals surface area contributed by atoms with Crippen molar-refractivity contribution in [2.24, 2.45) is 0 Å². The van der Waals surface area contributed by atoms with Crippen molar-refractivity contribution in [1.82, 2.24) is 35.6 Å². The van der Waals surface area contributed by atoms with Gasteiger partial charge in [0.2, 0.25) is 0 Å². The second kappa shape index (κ2) is 22.7. The van der Waals surface area contributed by atoms with Crippen LogP contribution in [0.15, 0.2) is 207 Å². The van der Waals surface area contributed by atoms with E-state index in [4.69, 9.17) is 24.4 Å². The lowest BCUT2D eigenvalue weighted by atomic mass is 9.69. The highest BCUT2D eigenvalue weighted by molar-refractivity contribution is 5.76.